The minimum absolute atomic E-state index is 0.205. The van der Waals surface area contributed by atoms with Crippen LogP contribution in [0.25, 0.3) is 0 Å². The van der Waals surface area contributed by atoms with Crippen molar-refractivity contribution in [2.45, 2.75) is 6.42 Å². The van der Waals surface area contributed by atoms with Crippen molar-refractivity contribution in [1.29, 1.82) is 0 Å². The van der Waals surface area contributed by atoms with E-state index in [0.29, 0.717) is 10.4 Å². The molecule has 0 atom stereocenters. The summed E-state index contributed by atoms with van der Waals surface area (Å²) in [6.07, 6.45) is 1.26. The van der Waals surface area contributed by atoms with Gasteiger partial charge in [0, 0.05) is 6.20 Å². The summed E-state index contributed by atoms with van der Waals surface area (Å²) in [6.45, 7) is 0. The van der Waals surface area contributed by atoms with E-state index in [1.54, 1.807) is 0 Å². The first-order valence-corrected chi connectivity index (χ1v) is 4.20. The molecule has 1 aromatic rings. The largest absolute Gasteiger partial charge is 0.481 e. The van der Waals surface area contributed by atoms with Crippen molar-refractivity contribution < 1.29 is 14.6 Å². The van der Waals surface area contributed by atoms with E-state index in [1.807, 2.05) is 0 Å². The van der Waals surface area contributed by atoms with Gasteiger partial charge in [0.25, 0.3) is 0 Å². The van der Waals surface area contributed by atoms with Gasteiger partial charge >= 0.3 is 5.97 Å². The van der Waals surface area contributed by atoms with E-state index < -0.39 is 5.97 Å². The number of aromatic nitrogens is 2. The van der Waals surface area contributed by atoms with Gasteiger partial charge in [0.15, 0.2) is 0 Å². The Balaban J connectivity index is 2.92. The van der Waals surface area contributed by atoms with Crippen molar-refractivity contribution in [2.75, 3.05) is 7.11 Å². The lowest BCUT2D eigenvalue weighted by atomic mass is 10.4. The number of nitrogens with zero attached hydrogens (tertiary/aromatic N) is 2. The van der Waals surface area contributed by atoms with Crippen LogP contribution in [0.2, 0.25) is 0 Å². The lowest BCUT2D eigenvalue weighted by Gasteiger charge is -2.02. The summed E-state index contributed by atoms with van der Waals surface area (Å²) in [5.41, 5.74) is 0. The first-order valence-electron chi connectivity index (χ1n) is 3.40. The highest BCUT2D eigenvalue weighted by Gasteiger charge is 2.07. The summed E-state index contributed by atoms with van der Waals surface area (Å²) in [4.78, 5) is 18.0. The number of hydrogen-bond donors (Lipinski definition) is 1. The lowest BCUT2D eigenvalue weighted by molar-refractivity contribution is -0.136. The van der Waals surface area contributed by atoms with E-state index in [2.05, 4.69) is 25.9 Å². The Hall–Kier alpha value is -1.17. The topological polar surface area (TPSA) is 72.3 Å². The molecule has 0 aliphatic heterocycles. The van der Waals surface area contributed by atoms with E-state index >= 15 is 0 Å². The molecule has 0 unspecified atom stereocenters. The Morgan fingerprint density at radius 2 is 2.46 bits per heavy atom. The monoisotopic (exact) mass is 246 g/mol. The maximum Gasteiger partial charge on any atom is 0.311 e. The molecule has 6 heteroatoms. The van der Waals surface area contributed by atoms with Gasteiger partial charge in [0.05, 0.1) is 11.6 Å². The molecule has 0 saturated heterocycles. The molecule has 13 heavy (non-hydrogen) atoms. The van der Waals surface area contributed by atoms with Gasteiger partial charge in [0.1, 0.15) is 12.2 Å². The van der Waals surface area contributed by atoms with Crippen LogP contribution in [0.4, 0.5) is 0 Å². The van der Waals surface area contributed by atoms with E-state index in [4.69, 9.17) is 9.84 Å². The molecule has 0 aliphatic carbocycles. The summed E-state index contributed by atoms with van der Waals surface area (Å²) >= 11 is 3.16. The predicted molar refractivity (Wildman–Crippen MR) is 47.6 cm³/mol. The SMILES string of the molecule is COc1nc(CC(=O)O)ncc1Br. The van der Waals surface area contributed by atoms with Gasteiger partial charge in [-0.25, -0.2) is 4.98 Å². The van der Waals surface area contributed by atoms with E-state index in [9.17, 15) is 4.79 Å². The number of carbonyl (C=O) groups is 1. The highest BCUT2D eigenvalue weighted by atomic mass is 79.9. The summed E-state index contributed by atoms with van der Waals surface area (Å²) in [5.74, 6) is -0.400. The first kappa shape index (κ1) is 9.91. The maximum absolute atomic E-state index is 10.3. The molecule has 0 spiro atoms. The molecule has 0 fully saturated rings. The first-order chi connectivity index (χ1) is 6.13. The number of ether oxygens (including phenoxy) is 1. The second kappa shape index (κ2) is 4.18. The second-order valence-electron chi connectivity index (χ2n) is 2.21. The van der Waals surface area contributed by atoms with Crippen molar-refractivity contribution in [1.82, 2.24) is 9.97 Å². The number of carboxylic acids is 1. The number of aliphatic carboxylic acids is 1. The molecule has 0 amide bonds. The Labute approximate surface area is 82.9 Å². The van der Waals surface area contributed by atoms with Crippen LogP contribution in [-0.4, -0.2) is 28.2 Å². The van der Waals surface area contributed by atoms with E-state index in [-0.39, 0.29) is 12.2 Å². The summed E-state index contributed by atoms with van der Waals surface area (Å²) in [6, 6.07) is 0. The van der Waals surface area contributed by atoms with Crippen LogP contribution in [-0.2, 0) is 11.2 Å². The molecule has 1 rings (SSSR count). The van der Waals surface area contributed by atoms with Crippen LogP contribution in [0.15, 0.2) is 10.7 Å². The molecule has 1 heterocycles. The number of rotatable bonds is 3. The van der Waals surface area contributed by atoms with Gasteiger partial charge in [-0.05, 0) is 15.9 Å². The van der Waals surface area contributed by atoms with Crippen LogP contribution in [0.5, 0.6) is 5.88 Å². The van der Waals surface area contributed by atoms with Gasteiger partial charge < -0.3 is 9.84 Å². The molecule has 0 aromatic carbocycles. The quantitative estimate of drug-likeness (QED) is 0.858. The lowest BCUT2D eigenvalue weighted by Crippen LogP contribution is -2.05. The molecule has 0 aliphatic rings. The fourth-order valence-corrected chi connectivity index (χ4v) is 1.10. The minimum Gasteiger partial charge on any atom is -0.481 e. The molecule has 0 bridgehead atoms. The smallest absolute Gasteiger partial charge is 0.311 e. The van der Waals surface area contributed by atoms with E-state index in [0.717, 1.165) is 0 Å². The van der Waals surface area contributed by atoms with Crippen molar-refractivity contribution in [2.24, 2.45) is 0 Å². The third-order valence-electron chi connectivity index (χ3n) is 1.26. The van der Waals surface area contributed by atoms with Crippen LogP contribution in [0.3, 0.4) is 0 Å². The van der Waals surface area contributed by atoms with Gasteiger partial charge in [-0.15, -0.1) is 0 Å². The predicted octanol–water partition coefficient (Wildman–Crippen LogP) is 0.875. The second-order valence-corrected chi connectivity index (χ2v) is 3.07. The number of halogens is 1. The van der Waals surface area contributed by atoms with Crippen molar-refractivity contribution >= 4 is 21.9 Å². The Bertz CT molecular complexity index is 330. The Morgan fingerprint density at radius 1 is 1.77 bits per heavy atom. The molecular weight excluding hydrogens is 240 g/mol. The fraction of sp³-hybridized carbons (Fsp3) is 0.286. The average molecular weight is 247 g/mol. The van der Waals surface area contributed by atoms with Gasteiger partial charge in [0.2, 0.25) is 5.88 Å². The van der Waals surface area contributed by atoms with Crippen molar-refractivity contribution in [3.05, 3.63) is 16.5 Å². The van der Waals surface area contributed by atoms with Gasteiger partial charge in [-0.2, -0.15) is 4.98 Å². The molecule has 5 nitrogen and oxygen atoms in total. The van der Waals surface area contributed by atoms with Crippen molar-refractivity contribution in [3.8, 4) is 5.88 Å². The molecule has 0 saturated carbocycles. The average Bonchev–Trinajstić information content (AvgIpc) is 2.07. The highest BCUT2D eigenvalue weighted by molar-refractivity contribution is 9.10. The van der Waals surface area contributed by atoms with E-state index in [1.165, 1.54) is 13.3 Å². The molecule has 1 aromatic heterocycles. The van der Waals surface area contributed by atoms with Crippen LogP contribution >= 0.6 is 15.9 Å². The minimum atomic E-state index is -0.968. The molecule has 0 radical (unpaired) electrons. The number of methoxy groups -OCH3 is 1. The zero-order chi connectivity index (χ0) is 9.84. The highest BCUT2D eigenvalue weighted by Crippen LogP contribution is 2.20. The Morgan fingerprint density at radius 3 is 3.00 bits per heavy atom. The third-order valence-corrected chi connectivity index (χ3v) is 1.81. The number of carboxylic acid groups (broad SMARTS) is 1. The Kier molecular flexibility index (Phi) is 3.18. The van der Waals surface area contributed by atoms with Gasteiger partial charge in [-0.1, -0.05) is 0 Å². The standard InChI is InChI=1S/C7H7BrN2O3/c1-13-7-4(8)3-9-5(10-7)2-6(11)12/h3H,2H2,1H3,(H,11,12). The third kappa shape index (κ3) is 2.66. The fourth-order valence-electron chi connectivity index (χ4n) is 0.749. The van der Waals surface area contributed by atoms with Crippen LogP contribution < -0.4 is 4.74 Å². The summed E-state index contributed by atoms with van der Waals surface area (Å²) in [5, 5.41) is 8.47. The van der Waals surface area contributed by atoms with Crippen LogP contribution in [0.1, 0.15) is 5.82 Å². The maximum atomic E-state index is 10.3. The van der Waals surface area contributed by atoms with Crippen molar-refractivity contribution in [3.63, 3.8) is 0 Å². The number of hydrogen-bond acceptors (Lipinski definition) is 4. The zero-order valence-corrected chi connectivity index (χ0v) is 8.41. The molecule has 70 valence electrons. The summed E-state index contributed by atoms with van der Waals surface area (Å²) < 4.78 is 5.48. The zero-order valence-electron chi connectivity index (χ0n) is 6.82. The van der Waals surface area contributed by atoms with Crippen LogP contribution in [0, 0.1) is 0 Å². The molecule has 1 N–H and O–H groups in total. The normalized spacial score (nSPS) is 9.69. The van der Waals surface area contributed by atoms with Gasteiger partial charge in [-0.3, -0.25) is 4.79 Å². The molecular formula is C7H7BrN2O3. The summed E-state index contributed by atoms with van der Waals surface area (Å²) in [7, 11) is 1.46.